The zero-order chi connectivity index (χ0) is 10.4. The number of benzene rings is 1. The SMILES string of the molecule is O=C1CC([C@@H]2CO2)Oc2ccc(F)cc21. The molecule has 2 heterocycles. The van der Waals surface area contributed by atoms with Crippen LogP contribution in [0.4, 0.5) is 4.39 Å². The molecule has 1 aromatic rings. The second-order valence-corrected chi connectivity index (χ2v) is 3.80. The van der Waals surface area contributed by atoms with Gasteiger partial charge in [-0.2, -0.15) is 0 Å². The zero-order valence-electron chi connectivity index (χ0n) is 7.90. The molecule has 2 aliphatic heterocycles. The molecule has 0 saturated carbocycles. The number of fused-ring (bicyclic) bond motifs is 1. The van der Waals surface area contributed by atoms with Gasteiger partial charge in [-0.3, -0.25) is 4.79 Å². The van der Waals surface area contributed by atoms with Gasteiger partial charge in [0.25, 0.3) is 0 Å². The van der Waals surface area contributed by atoms with Gasteiger partial charge in [-0.25, -0.2) is 4.39 Å². The van der Waals surface area contributed by atoms with Crippen molar-refractivity contribution in [1.29, 1.82) is 0 Å². The van der Waals surface area contributed by atoms with Crippen LogP contribution in [-0.2, 0) is 4.74 Å². The average molecular weight is 208 g/mol. The van der Waals surface area contributed by atoms with Crippen LogP contribution in [0.3, 0.4) is 0 Å². The van der Waals surface area contributed by atoms with Crippen LogP contribution < -0.4 is 4.74 Å². The van der Waals surface area contributed by atoms with Crippen molar-refractivity contribution in [2.75, 3.05) is 6.61 Å². The van der Waals surface area contributed by atoms with Gasteiger partial charge in [0.2, 0.25) is 0 Å². The molecule has 1 saturated heterocycles. The molecule has 2 aliphatic rings. The van der Waals surface area contributed by atoms with E-state index in [4.69, 9.17) is 9.47 Å². The van der Waals surface area contributed by atoms with Crippen molar-refractivity contribution in [2.45, 2.75) is 18.6 Å². The summed E-state index contributed by atoms with van der Waals surface area (Å²) in [6.45, 7) is 0.647. The van der Waals surface area contributed by atoms with E-state index >= 15 is 0 Å². The third-order valence-electron chi connectivity index (χ3n) is 2.68. The summed E-state index contributed by atoms with van der Waals surface area (Å²) in [7, 11) is 0. The van der Waals surface area contributed by atoms with Crippen LogP contribution in [0.5, 0.6) is 5.75 Å². The van der Waals surface area contributed by atoms with Crippen molar-refractivity contribution in [3.05, 3.63) is 29.6 Å². The molecule has 3 nitrogen and oxygen atoms in total. The van der Waals surface area contributed by atoms with Crippen molar-refractivity contribution in [2.24, 2.45) is 0 Å². The van der Waals surface area contributed by atoms with E-state index in [0.29, 0.717) is 17.9 Å². The van der Waals surface area contributed by atoms with Gasteiger partial charge < -0.3 is 9.47 Å². The molecule has 0 amide bonds. The first-order chi connectivity index (χ1) is 7.24. The van der Waals surface area contributed by atoms with Gasteiger partial charge in [0.05, 0.1) is 18.6 Å². The van der Waals surface area contributed by atoms with Crippen molar-refractivity contribution >= 4 is 5.78 Å². The summed E-state index contributed by atoms with van der Waals surface area (Å²) in [5.41, 5.74) is 0.340. The van der Waals surface area contributed by atoms with E-state index in [2.05, 4.69) is 0 Å². The summed E-state index contributed by atoms with van der Waals surface area (Å²) in [5.74, 6) is -0.0174. The Kier molecular flexibility index (Phi) is 1.79. The van der Waals surface area contributed by atoms with E-state index in [-0.39, 0.29) is 24.4 Å². The average Bonchev–Trinajstić information content (AvgIpc) is 3.02. The highest BCUT2D eigenvalue weighted by Crippen LogP contribution is 2.32. The maximum absolute atomic E-state index is 12.9. The van der Waals surface area contributed by atoms with E-state index in [1.54, 1.807) is 0 Å². The predicted molar refractivity (Wildman–Crippen MR) is 49.5 cm³/mol. The maximum Gasteiger partial charge on any atom is 0.170 e. The first-order valence-electron chi connectivity index (χ1n) is 4.85. The molecule has 78 valence electrons. The molecule has 0 aliphatic carbocycles. The summed E-state index contributed by atoms with van der Waals surface area (Å²) in [6.07, 6.45) is 0.115. The standard InChI is InChI=1S/C11H9FO3/c12-6-1-2-9-7(3-6)8(13)4-10(15-9)11-5-14-11/h1-3,10-11H,4-5H2/t10?,11-/m0/s1. The number of carbonyl (C=O) groups excluding carboxylic acids is 1. The molecule has 0 radical (unpaired) electrons. The van der Waals surface area contributed by atoms with Gasteiger partial charge in [0, 0.05) is 0 Å². The number of rotatable bonds is 1. The second kappa shape index (κ2) is 3.03. The molecular weight excluding hydrogens is 199 g/mol. The maximum atomic E-state index is 12.9. The van der Waals surface area contributed by atoms with Crippen LogP contribution >= 0.6 is 0 Å². The summed E-state index contributed by atoms with van der Waals surface area (Å²) in [6, 6.07) is 4.01. The second-order valence-electron chi connectivity index (χ2n) is 3.80. The Morgan fingerprint density at radius 2 is 2.13 bits per heavy atom. The van der Waals surface area contributed by atoms with Gasteiger partial charge >= 0.3 is 0 Å². The lowest BCUT2D eigenvalue weighted by Gasteiger charge is -2.23. The van der Waals surface area contributed by atoms with Crippen molar-refractivity contribution in [1.82, 2.24) is 0 Å². The van der Waals surface area contributed by atoms with Crippen LogP contribution in [0.15, 0.2) is 18.2 Å². The quantitative estimate of drug-likeness (QED) is 0.657. The zero-order valence-corrected chi connectivity index (χ0v) is 7.90. The van der Waals surface area contributed by atoms with Crippen molar-refractivity contribution < 1.29 is 18.7 Å². The Balaban J connectivity index is 1.96. The van der Waals surface area contributed by atoms with Crippen molar-refractivity contribution in [3.63, 3.8) is 0 Å². The molecule has 2 atom stereocenters. The summed E-state index contributed by atoms with van der Waals surface area (Å²) in [4.78, 5) is 11.7. The number of ketones is 1. The van der Waals surface area contributed by atoms with E-state index in [1.165, 1.54) is 18.2 Å². The number of halogens is 1. The minimum atomic E-state index is -0.410. The number of ether oxygens (including phenoxy) is 2. The Hall–Kier alpha value is -1.42. The lowest BCUT2D eigenvalue weighted by Crippen LogP contribution is -2.31. The Morgan fingerprint density at radius 1 is 1.33 bits per heavy atom. The molecule has 0 bridgehead atoms. The molecule has 0 aromatic heterocycles. The number of carbonyl (C=O) groups is 1. The van der Waals surface area contributed by atoms with E-state index in [0.717, 1.165) is 0 Å². The lowest BCUT2D eigenvalue weighted by atomic mass is 9.99. The Labute approximate surface area is 85.8 Å². The van der Waals surface area contributed by atoms with E-state index < -0.39 is 5.82 Å². The number of hydrogen-bond donors (Lipinski definition) is 0. The molecule has 3 rings (SSSR count). The number of epoxide rings is 1. The van der Waals surface area contributed by atoms with Crippen LogP contribution in [-0.4, -0.2) is 24.6 Å². The van der Waals surface area contributed by atoms with Gasteiger partial charge in [0.15, 0.2) is 5.78 Å². The fraction of sp³-hybridized carbons (Fsp3) is 0.364. The summed E-state index contributed by atoms with van der Waals surface area (Å²) >= 11 is 0. The minimum Gasteiger partial charge on any atom is -0.486 e. The largest absolute Gasteiger partial charge is 0.486 e. The van der Waals surface area contributed by atoms with Crippen LogP contribution in [0.25, 0.3) is 0 Å². The molecule has 1 unspecified atom stereocenters. The number of Topliss-reactive ketones (excluding diaryl/α,β-unsaturated/α-hetero) is 1. The fourth-order valence-electron chi connectivity index (χ4n) is 1.80. The topological polar surface area (TPSA) is 38.8 Å². The Bertz CT molecular complexity index is 426. The third kappa shape index (κ3) is 1.51. The highest BCUT2D eigenvalue weighted by Gasteiger charge is 2.39. The van der Waals surface area contributed by atoms with Gasteiger partial charge in [-0.1, -0.05) is 0 Å². The molecule has 1 fully saturated rings. The molecule has 15 heavy (non-hydrogen) atoms. The van der Waals surface area contributed by atoms with Gasteiger partial charge in [-0.15, -0.1) is 0 Å². The summed E-state index contributed by atoms with van der Waals surface area (Å²) < 4.78 is 23.6. The first kappa shape index (κ1) is 8.85. The monoisotopic (exact) mass is 208 g/mol. The molecule has 1 aromatic carbocycles. The van der Waals surface area contributed by atoms with Crippen LogP contribution in [0.2, 0.25) is 0 Å². The molecule has 0 spiro atoms. The van der Waals surface area contributed by atoms with E-state index in [1.807, 2.05) is 0 Å². The van der Waals surface area contributed by atoms with E-state index in [9.17, 15) is 9.18 Å². The summed E-state index contributed by atoms with van der Waals surface area (Å²) in [5, 5.41) is 0. The van der Waals surface area contributed by atoms with Crippen LogP contribution in [0.1, 0.15) is 16.8 Å². The highest BCUT2D eigenvalue weighted by atomic mass is 19.1. The third-order valence-corrected chi connectivity index (χ3v) is 2.68. The first-order valence-corrected chi connectivity index (χ1v) is 4.85. The van der Waals surface area contributed by atoms with Gasteiger partial charge in [-0.05, 0) is 18.2 Å². The minimum absolute atomic E-state index is 0.0344. The van der Waals surface area contributed by atoms with Gasteiger partial charge in [0.1, 0.15) is 23.8 Å². The predicted octanol–water partition coefficient (Wildman–Crippen LogP) is 1.56. The smallest absolute Gasteiger partial charge is 0.170 e. The van der Waals surface area contributed by atoms with Crippen LogP contribution in [0, 0.1) is 5.82 Å². The fourth-order valence-corrected chi connectivity index (χ4v) is 1.80. The highest BCUT2D eigenvalue weighted by molar-refractivity contribution is 6.00. The lowest BCUT2D eigenvalue weighted by molar-refractivity contribution is 0.0799. The molecular formula is C11H9FO3. The normalized spacial score (nSPS) is 28.2. The number of hydrogen-bond acceptors (Lipinski definition) is 3. The van der Waals surface area contributed by atoms with Crippen molar-refractivity contribution in [3.8, 4) is 5.75 Å². The Morgan fingerprint density at radius 3 is 2.87 bits per heavy atom. The molecule has 0 N–H and O–H groups in total. The molecule has 4 heteroatoms.